The second kappa shape index (κ2) is 7.24. The molecule has 2 aromatic rings. The van der Waals surface area contributed by atoms with Gasteiger partial charge in [-0.25, -0.2) is 0 Å². The van der Waals surface area contributed by atoms with E-state index in [1.807, 2.05) is 0 Å². The Bertz CT molecular complexity index is 561. The van der Waals surface area contributed by atoms with Crippen LogP contribution in [-0.2, 0) is 6.42 Å². The lowest BCUT2D eigenvalue weighted by atomic mass is 10.0. The van der Waals surface area contributed by atoms with Crippen LogP contribution in [0, 0.1) is 0 Å². The van der Waals surface area contributed by atoms with Gasteiger partial charge in [0.2, 0.25) is 0 Å². The van der Waals surface area contributed by atoms with E-state index in [-0.39, 0.29) is 0 Å². The lowest BCUT2D eigenvalue weighted by Crippen LogP contribution is -2.32. The summed E-state index contributed by atoms with van der Waals surface area (Å²) in [6.07, 6.45) is 5.96. The fourth-order valence-electron chi connectivity index (χ4n) is 2.93. The van der Waals surface area contributed by atoms with E-state index in [9.17, 15) is 0 Å². The molecule has 21 heavy (non-hydrogen) atoms. The minimum absolute atomic E-state index is 1.17. The molecule has 1 nitrogen and oxygen atoms in total. The minimum Gasteiger partial charge on any atom is -0.302 e. The van der Waals surface area contributed by atoms with Crippen molar-refractivity contribution in [1.29, 1.82) is 0 Å². The van der Waals surface area contributed by atoms with E-state index in [2.05, 4.69) is 71.6 Å². The van der Waals surface area contributed by atoms with Gasteiger partial charge in [0.25, 0.3) is 0 Å². The molecule has 1 heterocycles. The molecule has 0 amide bonds. The van der Waals surface area contributed by atoms with E-state index in [0.717, 1.165) is 0 Å². The number of hydrogen-bond acceptors (Lipinski definition) is 1. The van der Waals surface area contributed by atoms with Gasteiger partial charge in [0, 0.05) is 19.6 Å². The maximum atomic E-state index is 2.59. The van der Waals surface area contributed by atoms with Crippen molar-refractivity contribution in [2.45, 2.75) is 19.3 Å². The molecule has 0 atom stereocenters. The van der Waals surface area contributed by atoms with Crippen molar-refractivity contribution >= 4 is 6.08 Å². The van der Waals surface area contributed by atoms with Gasteiger partial charge in [-0.15, -0.1) is 0 Å². The van der Waals surface area contributed by atoms with E-state index in [1.54, 1.807) is 5.57 Å². The summed E-state index contributed by atoms with van der Waals surface area (Å²) in [5.41, 5.74) is 4.38. The lowest BCUT2D eigenvalue weighted by molar-refractivity contribution is 0.260. The zero-order valence-electron chi connectivity index (χ0n) is 12.5. The van der Waals surface area contributed by atoms with Crippen molar-refractivity contribution in [3.63, 3.8) is 0 Å². The van der Waals surface area contributed by atoms with E-state index < -0.39 is 0 Å². The van der Waals surface area contributed by atoms with Crippen LogP contribution in [0.4, 0.5) is 0 Å². The average Bonchev–Trinajstić information content (AvgIpc) is 2.56. The Balaban J connectivity index is 1.48. The third kappa shape index (κ3) is 4.30. The van der Waals surface area contributed by atoms with Crippen LogP contribution in [0.1, 0.15) is 24.0 Å². The van der Waals surface area contributed by atoms with E-state index in [4.69, 9.17) is 0 Å². The van der Waals surface area contributed by atoms with Crippen LogP contribution >= 0.6 is 0 Å². The second-order valence-electron chi connectivity index (χ2n) is 5.79. The molecule has 0 aromatic heterocycles. The minimum atomic E-state index is 1.17. The fraction of sp³-hybridized carbons (Fsp3) is 0.300. The van der Waals surface area contributed by atoms with Crippen molar-refractivity contribution in [2.75, 3.05) is 19.6 Å². The SMILES string of the molecule is C(=C1CCN(CCc2ccccc2)CC1)c1ccccc1. The summed E-state index contributed by atoms with van der Waals surface area (Å²) in [5.74, 6) is 0. The molecule has 0 bridgehead atoms. The first kappa shape index (κ1) is 14.1. The summed E-state index contributed by atoms with van der Waals surface area (Å²) in [5, 5.41) is 0. The highest BCUT2D eigenvalue weighted by Gasteiger charge is 2.13. The van der Waals surface area contributed by atoms with Crippen molar-refractivity contribution in [1.82, 2.24) is 4.90 Å². The van der Waals surface area contributed by atoms with Crippen LogP contribution in [0.2, 0.25) is 0 Å². The highest BCUT2D eigenvalue weighted by molar-refractivity contribution is 5.52. The smallest absolute Gasteiger partial charge is 0.00221 e. The summed E-state index contributed by atoms with van der Waals surface area (Å²) >= 11 is 0. The molecule has 1 saturated heterocycles. The first-order valence-electron chi connectivity index (χ1n) is 7.91. The third-order valence-electron chi connectivity index (χ3n) is 4.23. The number of benzene rings is 2. The van der Waals surface area contributed by atoms with Crippen LogP contribution in [0.15, 0.2) is 66.2 Å². The summed E-state index contributed by atoms with van der Waals surface area (Å²) in [7, 11) is 0. The maximum absolute atomic E-state index is 2.59. The van der Waals surface area contributed by atoms with Crippen LogP contribution in [0.3, 0.4) is 0 Å². The molecular formula is C20H23N. The molecule has 1 aliphatic heterocycles. The molecule has 0 radical (unpaired) electrons. The maximum Gasteiger partial charge on any atom is 0.00221 e. The van der Waals surface area contributed by atoms with E-state index in [1.165, 1.54) is 50.0 Å². The molecule has 0 saturated carbocycles. The Labute approximate surface area is 127 Å². The average molecular weight is 277 g/mol. The topological polar surface area (TPSA) is 3.24 Å². The molecule has 108 valence electrons. The largest absolute Gasteiger partial charge is 0.302 e. The van der Waals surface area contributed by atoms with Gasteiger partial charge in [0.15, 0.2) is 0 Å². The zero-order chi connectivity index (χ0) is 14.3. The third-order valence-corrected chi connectivity index (χ3v) is 4.23. The van der Waals surface area contributed by atoms with Crippen LogP contribution in [0.5, 0.6) is 0 Å². The summed E-state index contributed by atoms with van der Waals surface area (Å²) in [6, 6.07) is 21.5. The Morgan fingerprint density at radius 3 is 2.10 bits per heavy atom. The van der Waals surface area contributed by atoms with Gasteiger partial charge in [-0.1, -0.05) is 72.3 Å². The summed E-state index contributed by atoms with van der Waals surface area (Å²) in [6.45, 7) is 3.58. The standard InChI is InChI=1S/C20H23N/c1-3-7-18(8-4-1)11-14-21-15-12-20(13-16-21)17-19-9-5-2-6-10-19/h1-10,17H,11-16H2. The van der Waals surface area contributed by atoms with Gasteiger partial charge < -0.3 is 4.90 Å². The van der Waals surface area contributed by atoms with Crippen LogP contribution in [0.25, 0.3) is 6.08 Å². The van der Waals surface area contributed by atoms with Crippen LogP contribution < -0.4 is 0 Å². The molecule has 1 heteroatoms. The number of likely N-dealkylation sites (tertiary alicyclic amines) is 1. The van der Waals surface area contributed by atoms with E-state index in [0.29, 0.717) is 0 Å². The Hall–Kier alpha value is -1.86. The van der Waals surface area contributed by atoms with Crippen molar-refractivity contribution in [2.24, 2.45) is 0 Å². The summed E-state index contributed by atoms with van der Waals surface area (Å²) < 4.78 is 0. The number of nitrogens with zero attached hydrogens (tertiary/aromatic N) is 1. The fourth-order valence-corrected chi connectivity index (χ4v) is 2.93. The van der Waals surface area contributed by atoms with Gasteiger partial charge in [0.1, 0.15) is 0 Å². The second-order valence-corrected chi connectivity index (χ2v) is 5.79. The monoisotopic (exact) mass is 277 g/mol. The number of piperidine rings is 1. The Morgan fingerprint density at radius 2 is 1.43 bits per heavy atom. The van der Waals surface area contributed by atoms with Gasteiger partial charge in [-0.3, -0.25) is 0 Å². The number of hydrogen-bond donors (Lipinski definition) is 0. The quantitative estimate of drug-likeness (QED) is 0.800. The van der Waals surface area contributed by atoms with Gasteiger partial charge in [0.05, 0.1) is 0 Å². The predicted octanol–water partition coefficient (Wildman–Crippen LogP) is 4.41. The first-order valence-corrected chi connectivity index (χ1v) is 7.91. The molecule has 1 fully saturated rings. The normalized spacial score (nSPS) is 15.9. The Kier molecular flexibility index (Phi) is 4.86. The van der Waals surface area contributed by atoms with Crippen molar-refractivity contribution in [3.05, 3.63) is 77.4 Å². The van der Waals surface area contributed by atoms with Gasteiger partial charge >= 0.3 is 0 Å². The molecular weight excluding hydrogens is 254 g/mol. The lowest BCUT2D eigenvalue weighted by Gasteiger charge is -2.28. The van der Waals surface area contributed by atoms with Crippen LogP contribution in [-0.4, -0.2) is 24.5 Å². The van der Waals surface area contributed by atoms with Crippen molar-refractivity contribution < 1.29 is 0 Å². The highest BCUT2D eigenvalue weighted by Crippen LogP contribution is 2.19. The zero-order valence-corrected chi connectivity index (χ0v) is 12.5. The molecule has 0 spiro atoms. The molecule has 0 N–H and O–H groups in total. The molecule has 2 aromatic carbocycles. The Morgan fingerprint density at radius 1 is 0.810 bits per heavy atom. The highest BCUT2D eigenvalue weighted by atomic mass is 15.1. The van der Waals surface area contributed by atoms with Crippen molar-refractivity contribution in [3.8, 4) is 0 Å². The molecule has 1 aliphatic rings. The molecule has 0 unspecified atom stereocenters. The molecule has 0 aliphatic carbocycles. The van der Waals surface area contributed by atoms with E-state index >= 15 is 0 Å². The van der Waals surface area contributed by atoms with Gasteiger partial charge in [-0.2, -0.15) is 0 Å². The predicted molar refractivity (Wildman–Crippen MR) is 90.2 cm³/mol. The van der Waals surface area contributed by atoms with Gasteiger partial charge in [-0.05, 0) is 30.4 Å². The number of rotatable bonds is 4. The summed E-state index contributed by atoms with van der Waals surface area (Å²) in [4.78, 5) is 2.59. The molecule has 3 rings (SSSR count). The first-order chi connectivity index (χ1) is 10.4.